The first-order valence-electron chi connectivity index (χ1n) is 7.19. The molecule has 1 fully saturated rings. The maximum atomic E-state index is 11.6. The van der Waals surface area contributed by atoms with Crippen LogP contribution >= 0.6 is 0 Å². The minimum atomic E-state index is -1.30. The van der Waals surface area contributed by atoms with Gasteiger partial charge in [0.2, 0.25) is 0 Å². The molecule has 0 atom stereocenters. The number of rotatable bonds is 2. The SMILES string of the molecule is CC.O=C(O)c1cc2c(O)cc(C3CCC3)cc2[nH]c1=O. The number of benzene rings is 1. The van der Waals surface area contributed by atoms with Crippen LogP contribution in [0.15, 0.2) is 23.0 Å². The van der Waals surface area contributed by atoms with Gasteiger partial charge < -0.3 is 15.2 Å². The van der Waals surface area contributed by atoms with Gasteiger partial charge in [0.15, 0.2) is 0 Å². The molecule has 0 spiro atoms. The molecule has 1 heterocycles. The average Bonchev–Trinajstić information content (AvgIpc) is 2.38. The molecule has 5 nitrogen and oxygen atoms in total. The minimum Gasteiger partial charge on any atom is -0.507 e. The molecule has 21 heavy (non-hydrogen) atoms. The van der Waals surface area contributed by atoms with E-state index in [9.17, 15) is 14.7 Å². The quantitative estimate of drug-likeness (QED) is 0.791. The van der Waals surface area contributed by atoms with Gasteiger partial charge in [-0.2, -0.15) is 0 Å². The van der Waals surface area contributed by atoms with Crippen molar-refractivity contribution in [1.82, 2.24) is 4.98 Å². The minimum absolute atomic E-state index is 0.0122. The zero-order chi connectivity index (χ0) is 15.6. The van der Waals surface area contributed by atoms with Crippen LogP contribution in [-0.2, 0) is 0 Å². The number of carboxylic acids is 1. The molecule has 112 valence electrons. The number of pyridine rings is 1. The summed E-state index contributed by atoms with van der Waals surface area (Å²) in [6, 6.07) is 4.71. The van der Waals surface area contributed by atoms with Gasteiger partial charge in [-0.15, -0.1) is 0 Å². The smallest absolute Gasteiger partial charge is 0.341 e. The van der Waals surface area contributed by atoms with E-state index in [1.807, 2.05) is 19.9 Å². The first-order chi connectivity index (χ1) is 10.1. The highest BCUT2D eigenvalue weighted by Crippen LogP contribution is 2.39. The molecule has 3 N–H and O–H groups in total. The second-order valence-electron chi connectivity index (χ2n) is 4.95. The number of hydrogen-bond donors (Lipinski definition) is 3. The topological polar surface area (TPSA) is 90.4 Å². The van der Waals surface area contributed by atoms with Crippen molar-refractivity contribution in [3.63, 3.8) is 0 Å². The number of aromatic carboxylic acids is 1. The van der Waals surface area contributed by atoms with Crippen LogP contribution < -0.4 is 5.56 Å². The second-order valence-corrected chi connectivity index (χ2v) is 4.95. The highest BCUT2D eigenvalue weighted by Gasteiger charge is 2.21. The summed E-state index contributed by atoms with van der Waals surface area (Å²) in [5, 5.41) is 19.3. The molecule has 0 amide bonds. The molecule has 0 radical (unpaired) electrons. The Morgan fingerprint density at radius 3 is 2.43 bits per heavy atom. The number of carboxylic acid groups (broad SMARTS) is 1. The first-order valence-corrected chi connectivity index (χ1v) is 7.19. The number of hydrogen-bond acceptors (Lipinski definition) is 3. The van der Waals surface area contributed by atoms with Gasteiger partial charge >= 0.3 is 5.97 Å². The Morgan fingerprint density at radius 2 is 1.90 bits per heavy atom. The maximum absolute atomic E-state index is 11.6. The Morgan fingerprint density at radius 1 is 1.24 bits per heavy atom. The fourth-order valence-electron chi connectivity index (χ4n) is 2.45. The molecule has 1 aromatic heterocycles. The molecule has 1 saturated carbocycles. The van der Waals surface area contributed by atoms with Crippen molar-refractivity contribution >= 4 is 16.9 Å². The van der Waals surface area contributed by atoms with Crippen molar-refractivity contribution in [3.05, 3.63) is 39.7 Å². The van der Waals surface area contributed by atoms with Crippen molar-refractivity contribution in [2.24, 2.45) is 0 Å². The molecular formula is C16H19NO4. The Bertz CT molecular complexity index is 729. The van der Waals surface area contributed by atoms with Crippen LogP contribution in [0.4, 0.5) is 0 Å². The van der Waals surface area contributed by atoms with Crippen molar-refractivity contribution in [2.75, 3.05) is 0 Å². The summed E-state index contributed by atoms with van der Waals surface area (Å²) in [5.74, 6) is -0.860. The van der Waals surface area contributed by atoms with Gasteiger partial charge in [-0.1, -0.05) is 20.3 Å². The third kappa shape index (κ3) is 2.77. The molecule has 0 saturated heterocycles. The number of aromatic hydroxyl groups is 1. The number of phenols is 1. The lowest BCUT2D eigenvalue weighted by Crippen LogP contribution is -2.17. The molecule has 5 heteroatoms. The zero-order valence-electron chi connectivity index (χ0n) is 12.1. The fourth-order valence-corrected chi connectivity index (χ4v) is 2.45. The average molecular weight is 289 g/mol. The van der Waals surface area contributed by atoms with Gasteiger partial charge in [-0.05, 0) is 42.5 Å². The van der Waals surface area contributed by atoms with E-state index < -0.39 is 11.5 Å². The molecule has 2 aromatic rings. The van der Waals surface area contributed by atoms with Crippen molar-refractivity contribution in [3.8, 4) is 5.75 Å². The highest BCUT2D eigenvalue weighted by molar-refractivity contribution is 5.94. The summed E-state index contributed by atoms with van der Waals surface area (Å²) < 4.78 is 0. The van der Waals surface area contributed by atoms with Crippen LogP contribution in [0.3, 0.4) is 0 Å². The summed E-state index contributed by atoms with van der Waals surface area (Å²) in [4.78, 5) is 25.1. The Labute approximate surface area is 122 Å². The predicted molar refractivity (Wildman–Crippen MR) is 81.1 cm³/mol. The monoisotopic (exact) mass is 289 g/mol. The molecule has 0 bridgehead atoms. The third-order valence-corrected chi connectivity index (χ3v) is 3.77. The number of phenolic OH excluding ortho intramolecular Hbond substituents is 1. The van der Waals surface area contributed by atoms with E-state index in [1.165, 1.54) is 12.5 Å². The summed E-state index contributed by atoms with van der Waals surface area (Å²) in [5.41, 5.74) is 0.469. The van der Waals surface area contributed by atoms with Gasteiger partial charge in [0.25, 0.3) is 5.56 Å². The molecule has 1 aliphatic rings. The Balaban J connectivity index is 0.000000774. The molecule has 0 aliphatic heterocycles. The highest BCUT2D eigenvalue weighted by atomic mass is 16.4. The van der Waals surface area contributed by atoms with Gasteiger partial charge in [0.1, 0.15) is 11.3 Å². The number of nitrogens with one attached hydrogen (secondary N) is 1. The summed E-state index contributed by atoms with van der Waals surface area (Å²) in [6.07, 6.45) is 3.35. The largest absolute Gasteiger partial charge is 0.507 e. The van der Waals surface area contributed by atoms with Crippen molar-refractivity contribution in [1.29, 1.82) is 0 Å². The third-order valence-electron chi connectivity index (χ3n) is 3.77. The van der Waals surface area contributed by atoms with Crippen molar-refractivity contribution < 1.29 is 15.0 Å². The van der Waals surface area contributed by atoms with Crippen LogP contribution in [0.1, 0.15) is 54.9 Å². The first kappa shape index (κ1) is 15.1. The summed E-state index contributed by atoms with van der Waals surface area (Å²) >= 11 is 0. The number of aromatic nitrogens is 1. The normalized spacial score (nSPS) is 14.2. The van der Waals surface area contributed by atoms with E-state index in [2.05, 4.69) is 4.98 Å². The van der Waals surface area contributed by atoms with Crippen LogP contribution in [0.5, 0.6) is 5.75 Å². The fraction of sp³-hybridized carbons (Fsp3) is 0.375. The summed E-state index contributed by atoms with van der Waals surface area (Å²) in [6.45, 7) is 4.00. The van der Waals surface area contributed by atoms with E-state index in [0.717, 1.165) is 18.4 Å². The van der Waals surface area contributed by atoms with Gasteiger partial charge in [0, 0.05) is 5.39 Å². The van der Waals surface area contributed by atoms with Gasteiger partial charge in [0.05, 0.1) is 5.52 Å². The van der Waals surface area contributed by atoms with E-state index >= 15 is 0 Å². The van der Waals surface area contributed by atoms with Crippen LogP contribution in [0.2, 0.25) is 0 Å². The number of H-pyrrole nitrogens is 1. The number of aromatic amines is 1. The molecule has 1 aliphatic carbocycles. The molecule has 3 rings (SSSR count). The van der Waals surface area contributed by atoms with E-state index in [4.69, 9.17) is 5.11 Å². The van der Waals surface area contributed by atoms with E-state index in [1.54, 1.807) is 6.07 Å². The molecular weight excluding hydrogens is 270 g/mol. The Kier molecular flexibility index (Phi) is 4.31. The van der Waals surface area contributed by atoms with E-state index in [-0.39, 0.29) is 11.3 Å². The molecule has 0 unspecified atom stereocenters. The predicted octanol–water partition coefficient (Wildman–Crippen LogP) is 3.23. The van der Waals surface area contributed by atoms with E-state index in [0.29, 0.717) is 16.8 Å². The second kappa shape index (κ2) is 5.99. The van der Waals surface area contributed by atoms with Crippen LogP contribution in [0, 0.1) is 0 Å². The lowest BCUT2D eigenvalue weighted by molar-refractivity contribution is 0.0695. The summed E-state index contributed by atoms with van der Waals surface area (Å²) in [7, 11) is 0. The number of fused-ring (bicyclic) bond motifs is 1. The van der Waals surface area contributed by atoms with Crippen LogP contribution in [0.25, 0.3) is 10.9 Å². The van der Waals surface area contributed by atoms with Gasteiger partial charge in [-0.25, -0.2) is 4.79 Å². The lowest BCUT2D eigenvalue weighted by atomic mass is 9.80. The zero-order valence-corrected chi connectivity index (χ0v) is 12.1. The Hall–Kier alpha value is -2.30. The van der Waals surface area contributed by atoms with Crippen molar-refractivity contribution in [2.45, 2.75) is 39.0 Å². The van der Waals surface area contributed by atoms with Crippen LogP contribution in [-0.4, -0.2) is 21.2 Å². The lowest BCUT2D eigenvalue weighted by Gasteiger charge is -2.26. The standard InChI is InChI=1S/C14H13NO4.C2H6/c16-12-5-8(7-2-1-3-7)4-11-9(12)6-10(14(18)19)13(17)15-11;1-2/h4-7,16H,1-3H2,(H,15,17)(H,18,19);1-2H3. The molecule has 1 aromatic carbocycles. The van der Waals surface area contributed by atoms with Gasteiger partial charge in [-0.3, -0.25) is 4.79 Å². The number of carbonyl (C=O) groups is 1. The maximum Gasteiger partial charge on any atom is 0.341 e.